The van der Waals surface area contributed by atoms with E-state index in [9.17, 15) is 9.59 Å². The Morgan fingerprint density at radius 1 is 1.00 bits per heavy atom. The highest BCUT2D eigenvalue weighted by atomic mass is 16.2. The minimum absolute atomic E-state index is 0.114. The van der Waals surface area contributed by atoms with Crippen LogP contribution in [0.5, 0.6) is 0 Å². The third-order valence-corrected chi connectivity index (χ3v) is 7.79. The van der Waals surface area contributed by atoms with E-state index in [2.05, 4.69) is 36.6 Å². The van der Waals surface area contributed by atoms with Crippen molar-refractivity contribution in [2.75, 3.05) is 37.4 Å². The van der Waals surface area contributed by atoms with Gasteiger partial charge in [0.05, 0.1) is 17.1 Å². The van der Waals surface area contributed by atoms with Crippen LogP contribution in [0.3, 0.4) is 0 Å². The van der Waals surface area contributed by atoms with Crippen LogP contribution in [0.15, 0.2) is 59.7 Å². The van der Waals surface area contributed by atoms with Crippen LogP contribution in [0, 0.1) is 11.8 Å². The van der Waals surface area contributed by atoms with Gasteiger partial charge in [-0.25, -0.2) is 14.8 Å². The highest BCUT2D eigenvalue weighted by Crippen LogP contribution is 2.28. The number of anilines is 2. The second-order valence-corrected chi connectivity index (χ2v) is 11.0. The molecule has 40 heavy (non-hydrogen) atoms. The first-order chi connectivity index (χ1) is 19.4. The molecule has 2 heterocycles. The molecule has 5 rings (SSSR count). The van der Waals surface area contributed by atoms with Gasteiger partial charge in [0.25, 0.3) is 0 Å². The second-order valence-electron chi connectivity index (χ2n) is 11.0. The Balaban J connectivity index is 1.32. The molecule has 1 fully saturated rings. The fourth-order valence-electron chi connectivity index (χ4n) is 5.39. The Labute approximate surface area is 233 Å². The molecule has 6 N–H and O–H groups in total. The number of amides is 1. The Bertz CT molecular complexity index is 1490. The van der Waals surface area contributed by atoms with Gasteiger partial charge in [-0.15, -0.1) is 0 Å². The summed E-state index contributed by atoms with van der Waals surface area (Å²) < 4.78 is 0. The number of nitrogens with one attached hydrogen (secondary N) is 4. The lowest BCUT2D eigenvalue weighted by Crippen LogP contribution is -2.44. The summed E-state index contributed by atoms with van der Waals surface area (Å²) in [6, 6.07) is 13.1. The Kier molecular flexibility index (Phi) is 8.57. The molecule has 4 aromatic rings. The van der Waals surface area contributed by atoms with Gasteiger partial charge in [-0.05, 0) is 86.4 Å². The van der Waals surface area contributed by atoms with Crippen LogP contribution in [0.1, 0.15) is 31.2 Å². The average Bonchev–Trinajstić information content (AvgIpc) is 3.35. The van der Waals surface area contributed by atoms with E-state index >= 15 is 0 Å². The summed E-state index contributed by atoms with van der Waals surface area (Å²) in [5.41, 5.74) is 10.6. The van der Waals surface area contributed by atoms with Crippen molar-refractivity contribution in [3.05, 3.63) is 70.9 Å². The van der Waals surface area contributed by atoms with E-state index in [0.29, 0.717) is 40.9 Å². The zero-order chi connectivity index (χ0) is 28.1. The molecule has 0 saturated heterocycles. The van der Waals surface area contributed by atoms with Gasteiger partial charge < -0.3 is 31.2 Å². The van der Waals surface area contributed by atoms with Crippen molar-refractivity contribution in [3.8, 4) is 11.1 Å². The molecule has 0 spiro atoms. The lowest BCUT2D eigenvalue weighted by atomic mass is 9.82. The van der Waals surface area contributed by atoms with Crippen LogP contribution in [-0.2, 0) is 11.2 Å². The first-order valence-electron chi connectivity index (χ1n) is 13.9. The molecular formula is C30H38N8O2. The number of rotatable bonds is 10. The van der Waals surface area contributed by atoms with Gasteiger partial charge in [-0.2, -0.15) is 0 Å². The fraction of sp³-hybridized carbons (Fsp3) is 0.400. The van der Waals surface area contributed by atoms with Crippen LogP contribution in [0.4, 0.5) is 11.6 Å². The first kappa shape index (κ1) is 27.5. The Hall–Kier alpha value is -4.02. The number of carbonyl (C=O) groups is 1. The summed E-state index contributed by atoms with van der Waals surface area (Å²) in [6.45, 7) is 1.53. The molecule has 1 unspecified atom stereocenters. The molecule has 210 valence electrons. The Morgan fingerprint density at radius 3 is 2.45 bits per heavy atom. The molecule has 2 aromatic carbocycles. The van der Waals surface area contributed by atoms with Gasteiger partial charge >= 0.3 is 5.69 Å². The fourth-order valence-corrected chi connectivity index (χ4v) is 5.39. The van der Waals surface area contributed by atoms with Crippen molar-refractivity contribution in [3.63, 3.8) is 0 Å². The molecule has 10 heteroatoms. The molecule has 1 saturated carbocycles. The maximum Gasteiger partial charge on any atom is 0.323 e. The van der Waals surface area contributed by atoms with Gasteiger partial charge in [0.1, 0.15) is 0 Å². The standard InChI is InChI=1S/C30H38N8O2/c1-38(2)29-33-17-23(18-34-29)22-5-3-4-21(12-22)13-27(32-16-20-8-6-19(15-31)7-9-20)28(39)35-24-10-11-25-26(14-24)37-30(40)36-25/h3-5,10-12,14,17-20,27,32H,6-9,13,15-16,31H2,1-2H3,(H,35,39)(H2,36,37,40). The average molecular weight is 543 g/mol. The van der Waals surface area contributed by atoms with E-state index in [4.69, 9.17) is 5.73 Å². The number of aromatic amines is 2. The lowest BCUT2D eigenvalue weighted by molar-refractivity contribution is -0.118. The van der Waals surface area contributed by atoms with E-state index in [1.165, 1.54) is 0 Å². The quantitative estimate of drug-likeness (QED) is 0.207. The van der Waals surface area contributed by atoms with E-state index < -0.39 is 6.04 Å². The molecule has 10 nitrogen and oxygen atoms in total. The molecular weight excluding hydrogens is 504 g/mol. The van der Waals surface area contributed by atoms with E-state index in [-0.39, 0.29) is 11.6 Å². The number of hydrogen-bond acceptors (Lipinski definition) is 7. The monoisotopic (exact) mass is 542 g/mol. The summed E-state index contributed by atoms with van der Waals surface area (Å²) >= 11 is 0. The highest BCUT2D eigenvalue weighted by molar-refractivity contribution is 5.96. The molecule has 0 aliphatic heterocycles. The van der Waals surface area contributed by atoms with Crippen LogP contribution < -0.4 is 27.0 Å². The number of hydrogen-bond donors (Lipinski definition) is 5. The minimum atomic E-state index is -0.434. The van der Waals surface area contributed by atoms with Crippen molar-refractivity contribution >= 4 is 28.6 Å². The molecule has 1 aliphatic carbocycles. The molecule has 1 atom stereocenters. The summed E-state index contributed by atoms with van der Waals surface area (Å²) in [6.07, 6.45) is 8.71. The minimum Gasteiger partial charge on any atom is -0.347 e. The zero-order valence-corrected chi connectivity index (χ0v) is 23.1. The van der Waals surface area contributed by atoms with Gasteiger partial charge in [0.15, 0.2) is 0 Å². The smallest absolute Gasteiger partial charge is 0.323 e. The van der Waals surface area contributed by atoms with E-state index in [1.54, 1.807) is 18.2 Å². The number of carbonyl (C=O) groups excluding carboxylic acids is 1. The Morgan fingerprint density at radius 2 is 1.73 bits per heavy atom. The molecule has 1 amide bonds. The number of aromatic nitrogens is 4. The van der Waals surface area contributed by atoms with Gasteiger partial charge in [0, 0.05) is 37.7 Å². The van der Waals surface area contributed by atoms with Crippen molar-refractivity contribution in [2.45, 2.75) is 38.1 Å². The maximum atomic E-state index is 13.6. The summed E-state index contributed by atoms with van der Waals surface area (Å²) in [5.74, 6) is 1.68. The second kappa shape index (κ2) is 12.4. The largest absolute Gasteiger partial charge is 0.347 e. The van der Waals surface area contributed by atoms with E-state index in [0.717, 1.165) is 55.5 Å². The van der Waals surface area contributed by atoms with Gasteiger partial charge in [-0.3, -0.25) is 4.79 Å². The third-order valence-electron chi connectivity index (χ3n) is 7.79. The normalized spacial score (nSPS) is 18.0. The topological polar surface area (TPSA) is 145 Å². The molecule has 1 aliphatic rings. The predicted octanol–water partition coefficient (Wildman–Crippen LogP) is 3.28. The predicted molar refractivity (Wildman–Crippen MR) is 159 cm³/mol. The number of H-pyrrole nitrogens is 2. The van der Waals surface area contributed by atoms with Crippen molar-refractivity contribution < 1.29 is 4.79 Å². The summed E-state index contributed by atoms with van der Waals surface area (Å²) in [5, 5.41) is 6.63. The maximum absolute atomic E-state index is 13.6. The van der Waals surface area contributed by atoms with E-state index in [1.807, 2.05) is 49.6 Å². The highest BCUT2D eigenvalue weighted by Gasteiger charge is 2.24. The third kappa shape index (κ3) is 6.75. The van der Waals surface area contributed by atoms with Crippen LogP contribution in [0.25, 0.3) is 22.2 Å². The van der Waals surface area contributed by atoms with Gasteiger partial charge in [0.2, 0.25) is 11.9 Å². The van der Waals surface area contributed by atoms with Crippen molar-refractivity contribution in [1.29, 1.82) is 0 Å². The number of imidazole rings is 1. The lowest BCUT2D eigenvalue weighted by Gasteiger charge is -2.29. The number of nitrogens with zero attached hydrogens (tertiary/aromatic N) is 3. The van der Waals surface area contributed by atoms with Gasteiger partial charge in [-0.1, -0.05) is 24.3 Å². The molecule has 2 aromatic heterocycles. The zero-order valence-electron chi connectivity index (χ0n) is 23.1. The number of fused-ring (bicyclic) bond motifs is 1. The number of nitrogens with two attached hydrogens (primary N) is 1. The molecule has 0 radical (unpaired) electrons. The SMILES string of the molecule is CN(C)c1ncc(-c2cccc(CC(NCC3CCC(CN)CC3)C(=O)Nc3ccc4[nH]c(=O)[nH]c4c3)c2)cn1. The van der Waals surface area contributed by atoms with Crippen molar-refractivity contribution in [2.24, 2.45) is 17.6 Å². The number of benzene rings is 2. The van der Waals surface area contributed by atoms with Crippen molar-refractivity contribution in [1.82, 2.24) is 25.3 Å². The van der Waals surface area contributed by atoms with Crippen LogP contribution in [-0.4, -0.2) is 59.1 Å². The van der Waals surface area contributed by atoms with Crippen LogP contribution >= 0.6 is 0 Å². The van der Waals surface area contributed by atoms with Crippen LogP contribution in [0.2, 0.25) is 0 Å². The summed E-state index contributed by atoms with van der Waals surface area (Å²) in [4.78, 5) is 41.5. The first-order valence-corrected chi connectivity index (χ1v) is 13.9. The summed E-state index contributed by atoms with van der Waals surface area (Å²) in [7, 11) is 3.82. The molecule has 0 bridgehead atoms.